The molecule has 2 N–H and O–H groups in total. The van der Waals surface area contributed by atoms with E-state index in [4.69, 9.17) is 0 Å². The van der Waals surface area contributed by atoms with Crippen LogP contribution in [0.3, 0.4) is 0 Å². The highest BCUT2D eigenvalue weighted by Gasteiger charge is 2.34. The molecule has 192 valence electrons. The number of nitrogens with one attached hydrogen (secondary N) is 2. The van der Waals surface area contributed by atoms with Gasteiger partial charge in [-0.3, -0.25) is 9.59 Å². The summed E-state index contributed by atoms with van der Waals surface area (Å²) in [5.41, 5.74) is 12.0. The summed E-state index contributed by atoms with van der Waals surface area (Å²) in [6.07, 6.45) is 1.71. The molecule has 0 aromatic heterocycles. The number of rotatable bonds is 6. The highest BCUT2D eigenvalue weighted by atomic mass is 16.1. The van der Waals surface area contributed by atoms with Crippen molar-refractivity contribution in [3.8, 4) is 0 Å². The van der Waals surface area contributed by atoms with Crippen molar-refractivity contribution >= 4 is 34.3 Å². The van der Waals surface area contributed by atoms with Gasteiger partial charge in [0.1, 0.15) is 0 Å². The minimum atomic E-state index is -0.138. The second-order valence-electron chi connectivity index (χ2n) is 10.3. The van der Waals surface area contributed by atoms with Gasteiger partial charge < -0.3 is 10.6 Å². The van der Waals surface area contributed by atoms with Gasteiger partial charge in [0.15, 0.2) is 11.6 Å². The molecule has 0 radical (unpaired) electrons. The molecule has 0 atom stereocenters. The molecule has 1 aliphatic rings. The predicted molar refractivity (Wildman–Crippen MR) is 157 cm³/mol. The van der Waals surface area contributed by atoms with Crippen molar-refractivity contribution in [3.63, 3.8) is 0 Å². The van der Waals surface area contributed by atoms with Crippen LogP contribution in [0.4, 0.5) is 22.7 Å². The van der Waals surface area contributed by atoms with Crippen LogP contribution in [-0.4, -0.2) is 11.6 Å². The van der Waals surface area contributed by atoms with Crippen LogP contribution in [0, 0.1) is 27.7 Å². The highest BCUT2D eigenvalue weighted by Crippen LogP contribution is 2.40. The zero-order valence-corrected chi connectivity index (χ0v) is 23.0. The van der Waals surface area contributed by atoms with Crippen molar-refractivity contribution in [3.05, 3.63) is 116 Å². The van der Waals surface area contributed by atoms with Gasteiger partial charge in [-0.05, 0) is 74.9 Å². The van der Waals surface area contributed by atoms with Crippen LogP contribution < -0.4 is 10.6 Å². The second-order valence-corrected chi connectivity index (χ2v) is 10.3. The average molecular weight is 503 g/mol. The lowest BCUT2D eigenvalue weighted by molar-refractivity contribution is 0.0980. The molecular formula is C34H34N2O2. The van der Waals surface area contributed by atoms with E-state index in [9.17, 15) is 9.59 Å². The Labute approximate surface area is 225 Å². The first-order valence-electron chi connectivity index (χ1n) is 13.3. The molecule has 0 bridgehead atoms. The quantitative estimate of drug-likeness (QED) is 0.245. The van der Waals surface area contributed by atoms with E-state index in [0.717, 1.165) is 35.3 Å². The van der Waals surface area contributed by atoms with E-state index in [2.05, 4.69) is 76.4 Å². The van der Waals surface area contributed by atoms with E-state index < -0.39 is 0 Å². The molecule has 4 aromatic carbocycles. The molecule has 0 heterocycles. The molecule has 0 spiro atoms. The lowest BCUT2D eigenvalue weighted by atomic mass is 9.82. The smallest absolute Gasteiger partial charge is 0.196 e. The molecule has 0 fully saturated rings. The monoisotopic (exact) mass is 502 g/mol. The maximum atomic E-state index is 14.0. The highest BCUT2D eigenvalue weighted by molar-refractivity contribution is 6.32. The van der Waals surface area contributed by atoms with Crippen LogP contribution >= 0.6 is 0 Å². The van der Waals surface area contributed by atoms with E-state index in [1.807, 2.05) is 24.3 Å². The minimum Gasteiger partial charge on any atom is -0.354 e. The summed E-state index contributed by atoms with van der Waals surface area (Å²) in [7, 11) is 0. The van der Waals surface area contributed by atoms with E-state index in [1.165, 1.54) is 22.3 Å². The normalized spacial score (nSPS) is 12.3. The van der Waals surface area contributed by atoms with Crippen LogP contribution in [0.5, 0.6) is 0 Å². The molecule has 5 rings (SSSR count). The largest absolute Gasteiger partial charge is 0.354 e. The Morgan fingerprint density at radius 2 is 0.974 bits per heavy atom. The Hall–Kier alpha value is -4.18. The molecular weight excluding hydrogens is 468 g/mol. The summed E-state index contributed by atoms with van der Waals surface area (Å²) in [6.45, 7) is 12.6. The van der Waals surface area contributed by atoms with Gasteiger partial charge in [-0.1, -0.05) is 73.5 Å². The molecule has 4 heteroatoms. The molecule has 0 saturated carbocycles. The van der Waals surface area contributed by atoms with Crippen molar-refractivity contribution < 1.29 is 9.59 Å². The number of aryl methyl sites for hydroxylation is 6. The fraction of sp³-hybridized carbons (Fsp3) is 0.235. The molecule has 0 amide bonds. The van der Waals surface area contributed by atoms with Crippen molar-refractivity contribution in [2.24, 2.45) is 0 Å². The first-order valence-corrected chi connectivity index (χ1v) is 13.3. The Morgan fingerprint density at radius 3 is 1.34 bits per heavy atom. The average Bonchev–Trinajstić information content (AvgIpc) is 2.90. The van der Waals surface area contributed by atoms with Crippen LogP contribution in [0.15, 0.2) is 60.7 Å². The fourth-order valence-electron chi connectivity index (χ4n) is 5.73. The first-order chi connectivity index (χ1) is 18.2. The molecule has 4 aromatic rings. The number of hydrogen-bond acceptors (Lipinski definition) is 4. The first kappa shape index (κ1) is 25.5. The molecule has 4 nitrogen and oxygen atoms in total. The van der Waals surface area contributed by atoms with Gasteiger partial charge in [0.05, 0.1) is 22.5 Å². The summed E-state index contributed by atoms with van der Waals surface area (Å²) < 4.78 is 0. The van der Waals surface area contributed by atoms with Gasteiger partial charge in [-0.25, -0.2) is 0 Å². The van der Waals surface area contributed by atoms with Crippen LogP contribution in [0.1, 0.15) is 79.1 Å². The van der Waals surface area contributed by atoms with Crippen molar-refractivity contribution in [2.75, 3.05) is 10.6 Å². The molecule has 1 aliphatic carbocycles. The van der Waals surface area contributed by atoms with E-state index in [0.29, 0.717) is 33.6 Å². The third-order valence-electron chi connectivity index (χ3n) is 7.48. The van der Waals surface area contributed by atoms with Gasteiger partial charge in [0.2, 0.25) is 0 Å². The van der Waals surface area contributed by atoms with Gasteiger partial charge >= 0.3 is 0 Å². The number of benzene rings is 4. The molecule has 0 saturated heterocycles. The van der Waals surface area contributed by atoms with E-state index in [-0.39, 0.29) is 11.6 Å². The van der Waals surface area contributed by atoms with Crippen LogP contribution in [0.25, 0.3) is 0 Å². The summed E-state index contributed by atoms with van der Waals surface area (Å²) in [5.74, 6) is -0.277. The minimum absolute atomic E-state index is 0.138. The Bertz CT molecular complexity index is 1490. The summed E-state index contributed by atoms with van der Waals surface area (Å²) in [6, 6.07) is 19.6. The maximum absolute atomic E-state index is 14.0. The third-order valence-corrected chi connectivity index (χ3v) is 7.48. The Kier molecular flexibility index (Phi) is 6.66. The summed E-state index contributed by atoms with van der Waals surface area (Å²) in [5, 5.41) is 7.12. The SMILES string of the molecule is CCc1cc(C)cc(C)c1Nc1ccc(Nc2c(C)cc(C)cc2CC)c2c1C(=O)c1ccccc1C2=O. The van der Waals surface area contributed by atoms with Crippen LogP contribution in [-0.2, 0) is 12.8 Å². The Balaban J connectivity index is 1.72. The second kappa shape index (κ2) is 9.94. The number of carbonyl (C=O) groups is 2. The number of anilines is 4. The molecule has 0 aliphatic heterocycles. The molecule has 38 heavy (non-hydrogen) atoms. The number of hydrogen-bond donors (Lipinski definition) is 2. The van der Waals surface area contributed by atoms with Crippen molar-refractivity contribution in [1.82, 2.24) is 0 Å². The zero-order valence-electron chi connectivity index (χ0n) is 23.0. The third kappa shape index (κ3) is 4.30. The fourth-order valence-corrected chi connectivity index (χ4v) is 5.73. The van der Waals surface area contributed by atoms with Crippen molar-refractivity contribution in [1.29, 1.82) is 0 Å². The van der Waals surface area contributed by atoms with Crippen LogP contribution in [0.2, 0.25) is 0 Å². The standard InChI is InChI=1S/C34H34N2O2/c1-7-23-17-19(3)15-21(5)31(23)35-27-13-14-28(36-32-22(6)16-20(4)18-24(32)8-2)30-29(27)33(37)25-11-9-10-12-26(25)34(30)38/h9-18,35-36H,7-8H2,1-6H3. The maximum Gasteiger partial charge on any atom is 0.196 e. The summed E-state index contributed by atoms with van der Waals surface area (Å²) >= 11 is 0. The number of fused-ring (bicyclic) bond motifs is 2. The molecule has 0 unspecified atom stereocenters. The van der Waals surface area contributed by atoms with Gasteiger partial charge in [-0.2, -0.15) is 0 Å². The lowest BCUT2D eigenvalue weighted by Crippen LogP contribution is -2.23. The lowest BCUT2D eigenvalue weighted by Gasteiger charge is -2.26. The number of ketones is 2. The van der Waals surface area contributed by atoms with E-state index in [1.54, 1.807) is 12.1 Å². The van der Waals surface area contributed by atoms with E-state index >= 15 is 0 Å². The van der Waals surface area contributed by atoms with Gasteiger partial charge in [0.25, 0.3) is 0 Å². The van der Waals surface area contributed by atoms with Gasteiger partial charge in [-0.15, -0.1) is 0 Å². The van der Waals surface area contributed by atoms with Gasteiger partial charge in [0, 0.05) is 22.5 Å². The zero-order chi connectivity index (χ0) is 27.1. The topological polar surface area (TPSA) is 58.2 Å². The number of carbonyl (C=O) groups excluding carboxylic acids is 2. The summed E-state index contributed by atoms with van der Waals surface area (Å²) in [4.78, 5) is 28.0. The van der Waals surface area contributed by atoms with Crippen molar-refractivity contribution in [2.45, 2.75) is 54.4 Å². The predicted octanol–water partition coefficient (Wildman–Crippen LogP) is 8.31. The Morgan fingerprint density at radius 1 is 0.579 bits per heavy atom.